The Labute approximate surface area is 83.0 Å². The summed E-state index contributed by atoms with van der Waals surface area (Å²) in [7, 11) is 0. The molecule has 0 saturated carbocycles. The molecule has 1 nitrogen and oxygen atoms in total. The third-order valence-electron chi connectivity index (χ3n) is 1.74. The van der Waals surface area contributed by atoms with E-state index in [2.05, 4.69) is 0 Å². The first kappa shape index (κ1) is 8.49. The van der Waals surface area contributed by atoms with Crippen LogP contribution >= 0.6 is 22.9 Å². The van der Waals surface area contributed by atoms with Crippen LogP contribution in [-0.4, -0.2) is 0 Å². The van der Waals surface area contributed by atoms with E-state index < -0.39 is 5.82 Å². The lowest BCUT2D eigenvalue weighted by atomic mass is 10.2. The summed E-state index contributed by atoms with van der Waals surface area (Å²) in [4.78, 5) is 0. The minimum atomic E-state index is -0.432. The lowest BCUT2D eigenvalue weighted by Gasteiger charge is -1.90. The standard InChI is InChI=1S/C9H3ClFNS/c10-9-7(11)6-3-1-2-5(4-12)8(6)13-9/h1-3H. The van der Waals surface area contributed by atoms with E-state index in [-0.39, 0.29) is 4.34 Å². The van der Waals surface area contributed by atoms with Gasteiger partial charge in [-0.25, -0.2) is 4.39 Å². The number of halogens is 2. The number of benzene rings is 1. The third kappa shape index (κ3) is 1.19. The first-order valence-electron chi connectivity index (χ1n) is 3.50. The van der Waals surface area contributed by atoms with E-state index in [0.717, 1.165) is 11.3 Å². The zero-order valence-electron chi connectivity index (χ0n) is 6.34. The van der Waals surface area contributed by atoms with Crippen molar-refractivity contribution < 1.29 is 4.39 Å². The van der Waals surface area contributed by atoms with Crippen LogP contribution in [-0.2, 0) is 0 Å². The molecule has 2 rings (SSSR count). The van der Waals surface area contributed by atoms with Crippen LogP contribution in [0.15, 0.2) is 18.2 Å². The van der Waals surface area contributed by atoms with E-state index in [0.29, 0.717) is 15.6 Å². The van der Waals surface area contributed by atoms with Gasteiger partial charge in [0.25, 0.3) is 0 Å². The van der Waals surface area contributed by atoms with Gasteiger partial charge in [0.2, 0.25) is 0 Å². The predicted octanol–water partition coefficient (Wildman–Crippen LogP) is 3.57. The Morgan fingerprint density at radius 1 is 1.46 bits per heavy atom. The fourth-order valence-corrected chi connectivity index (χ4v) is 2.35. The van der Waals surface area contributed by atoms with Gasteiger partial charge in [0.05, 0.1) is 10.3 Å². The SMILES string of the molecule is N#Cc1cccc2c(F)c(Cl)sc12. The highest BCUT2D eigenvalue weighted by atomic mass is 35.5. The van der Waals surface area contributed by atoms with Crippen molar-refractivity contribution in [1.29, 1.82) is 5.26 Å². The predicted molar refractivity (Wildman–Crippen MR) is 51.5 cm³/mol. The van der Waals surface area contributed by atoms with Crippen LogP contribution in [0, 0.1) is 17.1 Å². The Kier molecular flexibility index (Phi) is 1.95. The molecule has 64 valence electrons. The van der Waals surface area contributed by atoms with Gasteiger partial charge < -0.3 is 0 Å². The van der Waals surface area contributed by atoms with Crippen LogP contribution in [0.4, 0.5) is 4.39 Å². The molecule has 4 heteroatoms. The second kappa shape index (κ2) is 2.99. The fourth-order valence-electron chi connectivity index (χ4n) is 1.15. The third-order valence-corrected chi connectivity index (χ3v) is 3.14. The van der Waals surface area contributed by atoms with Crippen molar-refractivity contribution in [3.8, 4) is 6.07 Å². The number of thiophene rings is 1. The van der Waals surface area contributed by atoms with Crippen molar-refractivity contribution in [3.63, 3.8) is 0 Å². The molecule has 0 aliphatic rings. The summed E-state index contributed by atoms with van der Waals surface area (Å²) in [6, 6.07) is 6.91. The lowest BCUT2D eigenvalue weighted by Crippen LogP contribution is -1.74. The van der Waals surface area contributed by atoms with Crippen molar-refractivity contribution in [2.45, 2.75) is 0 Å². The Hall–Kier alpha value is -1.11. The van der Waals surface area contributed by atoms with Gasteiger partial charge >= 0.3 is 0 Å². The zero-order valence-corrected chi connectivity index (χ0v) is 7.92. The van der Waals surface area contributed by atoms with Crippen molar-refractivity contribution in [2.24, 2.45) is 0 Å². The van der Waals surface area contributed by atoms with Crippen LogP contribution < -0.4 is 0 Å². The van der Waals surface area contributed by atoms with Crippen LogP contribution in [0.25, 0.3) is 10.1 Å². The van der Waals surface area contributed by atoms with E-state index in [4.69, 9.17) is 16.9 Å². The number of hydrogen-bond donors (Lipinski definition) is 0. The Balaban J connectivity index is 2.95. The van der Waals surface area contributed by atoms with Crippen LogP contribution in [0.2, 0.25) is 4.34 Å². The van der Waals surface area contributed by atoms with Gasteiger partial charge in [-0.05, 0) is 6.07 Å². The molecule has 0 N–H and O–H groups in total. The summed E-state index contributed by atoms with van der Waals surface area (Å²) in [6.45, 7) is 0. The lowest BCUT2D eigenvalue weighted by molar-refractivity contribution is 0.644. The molecule has 0 amide bonds. The highest BCUT2D eigenvalue weighted by molar-refractivity contribution is 7.22. The number of nitriles is 1. The quantitative estimate of drug-likeness (QED) is 0.654. The molecule has 0 saturated heterocycles. The van der Waals surface area contributed by atoms with Gasteiger partial charge in [0.15, 0.2) is 5.82 Å². The summed E-state index contributed by atoms with van der Waals surface area (Å²) in [5.41, 5.74) is 0.466. The molecule has 0 bridgehead atoms. The fraction of sp³-hybridized carbons (Fsp3) is 0. The molecule has 2 aromatic rings. The van der Waals surface area contributed by atoms with E-state index in [1.54, 1.807) is 18.2 Å². The first-order chi connectivity index (χ1) is 6.24. The number of rotatable bonds is 0. The molecular weight excluding hydrogens is 209 g/mol. The molecule has 0 spiro atoms. The van der Waals surface area contributed by atoms with Crippen molar-refractivity contribution in [1.82, 2.24) is 0 Å². The summed E-state index contributed by atoms with van der Waals surface area (Å²) < 4.78 is 14.0. The monoisotopic (exact) mass is 211 g/mol. The van der Waals surface area contributed by atoms with E-state index in [1.165, 1.54) is 0 Å². The molecule has 0 aliphatic carbocycles. The second-order valence-electron chi connectivity index (χ2n) is 2.48. The summed E-state index contributed by atoms with van der Waals surface area (Å²) in [5, 5.41) is 9.15. The summed E-state index contributed by atoms with van der Waals surface area (Å²) in [6.07, 6.45) is 0. The van der Waals surface area contributed by atoms with Gasteiger partial charge in [-0.2, -0.15) is 5.26 Å². The smallest absolute Gasteiger partial charge is 0.160 e. The van der Waals surface area contributed by atoms with Crippen molar-refractivity contribution in [2.75, 3.05) is 0 Å². The van der Waals surface area contributed by atoms with Gasteiger partial charge in [0, 0.05) is 5.39 Å². The maximum atomic E-state index is 13.2. The van der Waals surface area contributed by atoms with Crippen molar-refractivity contribution in [3.05, 3.63) is 33.9 Å². The molecule has 1 aromatic heterocycles. The minimum absolute atomic E-state index is 0.109. The van der Waals surface area contributed by atoms with E-state index >= 15 is 0 Å². The normalized spacial score (nSPS) is 10.2. The Bertz CT molecular complexity index is 512. The number of fused-ring (bicyclic) bond motifs is 1. The molecule has 0 unspecified atom stereocenters. The molecule has 1 aromatic carbocycles. The number of nitrogens with zero attached hydrogens (tertiary/aromatic N) is 1. The molecular formula is C9H3ClFNS. The summed E-state index contributed by atoms with van der Waals surface area (Å²) in [5.74, 6) is -0.432. The zero-order chi connectivity index (χ0) is 9.42. The van der Waals surface area contributed by atoms with Crippen LogP contribution in [0.3, 0.4) is 0 Å². The second-order valence-corrected chi connectivity index (χ2v) is 4.11. The number of hydrogen-bond acceptors (Lipinski definition) is 2. The summed E-state index contributed by atoms with van der Waals surface area (Å²) >= 11 is 6.71. The minimum Gasteiger partial charge on any atom is -0.204 e. The molecule has 0 aliphatic heterocycles. The molecule has 0 atom stereocenters. The van der Waals surface area contributed by atoms with Gasteiger partial charge in [-0.3, -0.25) is 0 Å². The van der Waals surface area contributed by atoms with Gasteiger partial charge in [0.1, 0.15) is 10.4 Å². The van der Waals surface area contributed by atoms with Crippen LogP contribution in [0.5, 0.6) is 0 Å². The van der Waals surface area contributed by atoms with Crippen LogP contribution in [0.1, 0.15) is 5.56 Å². The highest BCUT2D eigenvalue weighted by Gasteiger charge is 2.12. The molecule has 13 heavy (non-hydrogen) atoms. The highest BCUT2D eigenvalue weighted by Crippen LogP contribution is 2.35. The molecule has 0 fully saturated rings. The topological polar surface area (TPSA) is 23.8 Å². The largest absolute Gasteiger partial charge is 0.204 e. The van der Waals surface area contributed by atoms with E-state index in [9.17, 15) is 4.39 Å². The van der Waals surface area contributed by atoms with Gasteiger partial charge in [-0.1, -0.05) is 23.7 Å². The maximum Gasteiger partial charge on any atom is 0.160 e. The van der Waals surface area contributed by atoms with Gasteiger partial charge in [-0.15, -0.1) is 11.3 Å². The Morgan fingerprint density at radius 2 is 2.23 bits per heavy atom. The molecule has 0 radical (unpaired) electrons. The van der Waals surface area contributed by atoms with Crippen molar-refractivity contribution >= 4 is 33.0 Å². The average molecular weight is 212 g/mol. The first-order valence-corrected chi connectivity index (χ1v) is 4.70. The maximum absolute atomic E-state index is 13.2. The average Bonchev–Trinajstić information content (AvgIpc) is 2.43. The Morgan fingerprint density at radius 3 is 2.92 bits per heavy atom. The van der Waals surface area contributed by atoms with E-state index in [1.807, 2.05) is 6.07 Å². The molecule has 1 heterocycles.